The van der Waals surface area contributed by atoms with Crippen LogP contribution in [-0.4, -0.2) is 18.6 Å². The number of aliphatic imine (C=N–C) groups is 1. The van der Waals surface area contributed by atoms with Crippen molar-refractivity contribution in [2.45, 2.75) is 0 Å². The Balaban J connectivity index is 1.32. The first-order chi connectivity index (χ1) is 15.2. The second-order valence-corrected chi connectivity index (χ2v) is 7.40. The smallest absolute Gasteiger partial charge is 0.200 e. The second-order valence-electron chi connectivity index (χ2n) is 6.96. The molecular weight excluding hydrogens is 406 g/mol. The summed E-state index contributed by atoms with van der Waals surface area (Å²) < 4.78 is 5.66. The molecule has 0 bridgehead atoms. The fourth-order valence-corrected chi connectivity index (χ4v) is 3.16. The Hall–Kier alpha value is -3.69. The number of hydrogen-bond donors (Lipinski definition) is 0. The van der Waals surface area contributed by atoms with Gasteiger partial charge in [-0.2, -0.15) is 0 Å². The van der Waals surface area contributed by atoms with Crippen molar-refractivity contribution < 1.29 is 9.53 Å². The number of halogens is 1. The molecule has 4 aromatic rings. The van der Waals surface area contributed by atoms with Crippen LogP contribution in [0, 0.1) is 0 Å². The maximum absolute atomic E-state index is 12.5. The van der Waals surface area contributed by atoms with Gasteiger partial charge in [-0.1, -0.05) is 66.2 Å². The first-order valence-corrected chi connectivity index (χ1v) is 10.3. The van der Waals surface area contributed by atoms with Gasteiger partial charge in [0.15, 0.2) is 12.4 Å². The summed E-state index contributed by atoms with van der Waals surface area (Å²) >= 11 is 5.88. The standard InChI is InChI=1S/C27H20ClNO2/c28-24-12-14-25(15-13-24)29-18-20-6-16-26(17-7-20)31-19-27(30)23-10-8-22(9-11-23)21-4-2-1-3-5-21/h1-18H,19H2. The molecule has 3 nitrogen and oxygen atoms in total. The summed E-state index contributed by atoms with van der Waals surface area (Å²) in [6.07, 6.45) is 1.77. The molecule has 0 aliphatic heterocycles. The molecule has 152 valence electrons. The minimum Gasteiger partial charge on any atom is -0.485 e. The molecule has 0 aliphatic carbocycles. The molecule has 0 saturated carbocycles. The predicted octanol–water partition coefficient (Wildman–Crippen LogP) is 7.02. The van der Waals surface area contributed by atoms with Crippen LogP contribution in [0.15, 0.2) is 108 Å². The van der Waals surface area contributed by atoms with Gasteiger partial charge in [-0.15, -0.1) is 0 Å². The molecule has 0 fully saturated rings. The van der Waals surface area contributed by atoms with Crippen molar-refractivity contribution in [3.63, 3.8) is 0 Å². The van der Waals surface area contributed by atoms with Crippen LogP contribution in [0.3, 0.4) is 0 Å². The number of ketones is 1. The van der Waals surface area contributed by atoms with Crippen molar-refractivity contribution >= 4 is 29.3 Å². The lowest BCUT2D eigenvalue weighted by atomic mass is 10.0. The molecule has 0 heterocycles. The zero-order valence-corrected chi connectivity index (χ0v) is 17.5. The van der Waals surface area contributed by atoms with Gasteiger partial charge in [0.25, 0.3) is 0 Å². The molecule has 0 aromatic heterocycles. The number of carbonyl (C=O) groups excluding carboxylic acids is 1. The fourth-order valence-electron chi connectivity index (χ4n) is 3.04. The van der Waals surface area contributed by atoms with Gasteiger partial charge in [-0.05, 0) is 65.2 Å². The van der Waals surface area contributed by atoms with Crippen molar-refractivity contribution in [1.29, 1.82) is 0 Å². The number of nitrogens with zero attached hydrogens (tertiary/aromatic N) is 1. The first-order valence-electron chi connectivity index (χ1n) is 9.88. The summed E-state index contributed by atoms with van der Waals surface area (Å²) in [6.45, 7) is -0.0110. The van der Waals surface area contributed by atoms with Gasteiger partial charge in [0.1, 0.15) is 5.75 Å². The number of Topliss-reactive ketones (excluding diaryl/α,β-unsaturated/α-hetero) is 1. The van der Waals surface area contributed by atoms with E-state index < -0.39 is 0 Å². The summed E-state index contributed by atoms with van der Waals surface area (Å²) in [5.41, 5.74) is 4.59. The second kappa shape index (κ2) is 9.88. The van der Waals surface area contributed by atoms with E-state index in [2.05, 4.69) is 4.99 Å². The quantitative estimate of drug-likeness (QED) is 0.236. The Morgan fingerprint density at radius 2 is 1.42 bits per heavy atom. The third-order valence-corrected chi connectivity index (χ3v) is 5.01. The van der Waals surface area contributed by atoms with E-state index in [1.807, 2.05) is 91.0 Å². The maximum atomic E-state index is 12.5. The van der Waals surface area contributed by atoms with E-state index in [1.54, 1.807) is 18.3 Å². The van der Waals surface area contributed by atoms with Gasteiger partial charge in [-0.3, -0.25) is 9.79 Å². The normalized spacial score (nSPS) is 10.9. The zero-order chi connectivity index (χ0) is 21.5. The molecule has 0 N–H and O–H groups in total. The number of benzene rings is 4. The lowest BCUT2D eigenvalue weighted by Gasteiger charge is -2.07. The molecule has 4 heteroatoms. The van der Waals surface area contributed by atoms with E-state index >= 15 is 0 Å². The Morgan fingerprint density at radius 1 is 0.774 bits per heavy atom. The van der Waals surface area contributed by atoms with Gasteiger partial charge >= 0.3 is 0 Å². The molecule has 0 aliphatic rings. The zero-order valence-electron chi connectivity index (χ0n) is 16.7. The van der Waals surface area contributed by atoms with Crippen LogP contribution in [-0.2, 0) is 0 Å². The number of ether oxygens (including phenoxy) is 1. The maximum Gasteiger partial charge on any atom is 0.200 e. The minimum absolute atomic E-state index is 0.0110. The van der Waals surface area contributed by atoms with Crippen LogP contribution in [0.25, 0.3) is 11.1 Å². The molecule has 4 rings (SSSR count). The Bertz CT molecular complexity index is 1170. The van der Waals surface area contributed by atoms with Crippen LogP contribution < -0.4 is 4.74 Å². The van der Waals surface area contributed by atoms with Gasteiger partial charge in [0.2, 0.25) is 0 Å². The van der Waals surface area contributed by atoms with E-state index in [0.29, 0.717) is 16.3 Å². The highest BCUT2D eigenvalue weighted by Gasteiger charge is 2.07. The molecular formula is C27H20ClNO2. The van der Waals surface area contributed by atoms with E-state index in [1.165, 1.54) is 0 Å². The van der Waals surface area contributed by atoms with E-state index in [9.17, 15) is 4.79 Å². The van der Waals surface area contributed by atoms with Crippen LogP contribution >= 0.6 is 11.6 Å². The van der Waals surface area contributed by atoms with Gasteiger partial charge < -0.3 is 4.74 Å². The Labute approximate surface area is 186 Å². The number of hydrogen-bond acceptors (Lipinski definition) is 3. The minimum atomic E-state index is -0.0620. The van der Waals surface area contributed by atoms with Gasteiger partial charge in [0.05, 0.1) is 5.69 Å². The van der Waals surface area contributed by atoms with Gasteiger partial charge in [0, 0.05) is 16.8 Å². The van der Waals surface area contributed by atoms with Crippen LogP contribution in [0.1, 0.15) is 15.9 Å². The largest absolute Gasteiger partial charge is 0.485 e. The monoisotopic (exact) mass is 425 g/mol. The van der Waals surface area contributed by atoms with E-state index in [4.69, 9.17) is 16.3 Å². The third-order valence-electron chi connectivity index (χ3n) is 4.75. The summed E-state index contributed by atoms with van der Waals surface area (Å²) in [4.78, 5) is 16.9. The highest BCUT2D eigenvalue weighted by atomic mass is 35.5. The van der Waals surface area contributed by atoms with Crippen molar-refractivity contribution in [2.24, 2.45) is 4.99 Å². The topological polar surface area (TPSA) is 38.7 Å². The molecule has 0 saturated heterocycles. The third kappa shape index (κ3) is 5.68. The first kappa shape index (κ1) is 20.6. The molecule has 31 heavy (non-hydrogen) atoms. The van der Waals surface area contributed by atoms with Crippen molar-refractivity contribution in [3.05, 3.63) is 119 Å². The Morgan fingerprint density at radius 3 is 2.10 bits per heavy atom. The lowest BCUT2D eigenvalue weighted by Crippen LogP contribution is -2.11. The highest BCUT2D eigenvalue weighted by Crippen LogP contribution is 2.20. The van der Waals surface area contributed by atoms with Crippen molar-refractivity contribution in [2.75, 3.05) is 6.61 Å². The SMILES string of the molecule is O=C(COc1ccc(C=Nc2ccc(Cl)cc2)cc1)c1ccc(-c2ccccc2)cc1. The van der Waals surface area contributed by atoms with Crippen molar-refractivity contribution in [3.8, 4) is 16.9 Å². The molecule has 0 amide bonds. The number of rotatable bonds is 7. The number of carbonyl (C=O) groups is 1. The van der Waals surface area contributed by atoms with Crippen LogP contribution in [0.4, 0.5) is 5.69 Å². The van der Waals surface area contributed by atoms with E-state index in [-0.39, 0.29) is 12.4 Å². The Kier molecular flexibility index (Phi) is 6.56. The van der Waals surface area contributed by atoms with Crippen molar-refractivity contribution in [1.82, 2.24) is 0 Å². The average Bonchev–Trinajstić information content (AvgIpc) is 2.83. The highest BCUT2D eigenvalue weighted by molar-refractivity contribution is 6.30. The lowest BCUT2D eigenvalue weighted by molar-refractivity contribution is 0.0921. The summed E-state index contributed by atoms with van der Waals surface area (Å²) in [7, 11) is 0. The summed E-state index contributed by atoms with van der Waals surface area (Å²) in [6, 6.07) is 32.4. The molecule has 4 aromatic carbocycles. The fraction of sp³-hybridized carbons (Fsp3) is 0.0370. The summed E-state index contributed by atoms with van der Waals surface area (Å²) in [5, 5.41) is 0.683. The predicted molar refractivity (Wildman–Crippen MR) is 127 cm³/mol. The van der Waals surface area contributed by atoms with E-state index in [0.717, 1.165) is 22.4 Å². The summed E-state index contributed by atoms with van der Waals surface area (Å²) in [5.74, 6) is 0.575. The van der Waals surface area contributed by atoms with Gasteiger partial charge in [-0.25, -0.2) is 0 Å². The van der Waals surface area contributed by atoms with Crippen LogP contribution in [0.5, 0.6) is 5.75 Å². The molecule has 0 unspecified atom stereocenters. The average molecular weight is 426 g/mol. The molecule has 0 atom stereocenters. The molecule has 0 radical (unpaired) electrons. The van der Waals surface area contributed by atoms with Crippen LogP contribution in [0.2, 0.25) is 5.02 Å². The molecule has 0 spiro atoms.